The van der Waals surface area contributed by atoms with Gasteiger partial charge in [-0.15, -0.1) is 0 Å². The largest absolute Gasteiger partial charge is 0.497 e. The topological polar surface area (TPSA) is 58.6 Å². The Labute approximate surface area is 134 Å². The fourth-order valence-corrected chi connectivity index (χ4v) is 2.05. The minimum Gasteiger partial charge on any atom is -0.497 e. The van der Waals surface area contributed by atoms with Crippen LogP contribution in [0.3, 0.4) is 0 Å². The number of aliphatic hydroxyl groups is 1. The number of benzene rings is 2. The van der Waals surface area contributed by atoms with Gasteiger partial charge in [-0.2, -0.15) is 0 Å². The average Bonchev–Trinajstić information content (AvgIpc) is 2.56. The molecule has 1 amide bonds. The van der Waals surface area contributed by atoms with Crippen LogP contribution in [-0.4, -0.2) is 24.7 Å². The minimum atomic E-state index is -1.66. The van der Waals surface area contributed by atoms with E-state index >= 15 is 0 Å². The first-order chi connectivity index (χ1) is 11.4. The maximum Gasteiger partial charge on any atom is 0.254 e. The van der Waals surface area contributed by atoms with Gasteiger partial charge < -0.3 is 15.2 Å². The van der Waals surface area contributed by atoms with Crippen LogP contribution in [0, 0.1) is 23.3 Å². The van der Waals surface area contributed by atoms with E-state index in [1.54, 1.807) is 0 Å². The molecule has 0 aliphatic carbocycles. The van der Waals surface area contributed by atoms with Crippen LogP contribution in [0.4, 0.5) is 17.6 Å². The Morgan fingerprint density at radius 3 is 2.25 bits per heavy atom. The molecular weight excluding hydrogens is 330 g/mol. The van der Waals surface area contributed by atoms with Crippen LogP contribution in [0.25, 0.3) is 0 Å². The molecule has 0 radical (unpaired) electrons. The molecule has 0 aromatic heterocycles. The zero-order valence-electron chi connectivity index (χ0n) is 12.4. The van der Waals surface area contributed by atoms with Gasteiger partial charge in [-0.25, -0.2) is 17.6 Å². The molecule has 0 saturated heterocycles. The second-order valence-corrected chi connectivity index (χ2v) is 4.85. The van der Waals surface area contributed by atoms with E-state index in [1.807, 2.05) is 0 Å². The third-order valence-electron chi connectivity index (χ3n) is 3.32. The van der Waals surface area contributed by atoms with E-state index in [0.717, 1.165) is 12.1 Å². The summed E-state index contributed by atoms with van der Waals surface area (Å²) in [4.78, 5) is 12.1. The maximum absolute atomic E-state index is 13.9. The number of carbonyl (C=O) groups is 1. The van der Waals surface area contributed by atoms with Gasteiger partial charge in [-0.1, -0.05) is 0 Å². The standard InChI is InChI=1S/C16H13F4NO3/c1-24-9-2-3-10(11(17)6-9)16(23)21-14(7-22)8-4-12(18)15(20)13(19)5-8/h2-6,14,22H,7H2,1H3,(H,21,23). The lowest BCUT2D eigenvalue weighted by atomic mass is 10.1. The van der Waals surface area contributed by atoms with E-state index in [9.17, 15) is 27.5 Å². The van der Waals surface area contributed by atoms with Crippen molar-refractivity contribution in [1.82, 2.24) is 5.32 Å². The van der Waals surface area contributed by atoms with Crippen molar-refractivity contribution in [3.05, 3.63) is 64.7 Å². The van der Waals surface area contributed by atoms with Gasteiger partial charge in [-0.3, -0.25) is 4.79 Å². The fraction of sp³-hybridized carbons (Fsp3) is 0.188. The number of carbonyl (C=O) groups excluding carboxylic acids is 1. The van der Waals surface area contributed by atoms with E-state index in [2.05, 4.69) is 5.32 Å². The SMILES string of the molecule is COc1ccc(C(=O)NC(CO)c2cc(F)c(F)c(F)c2)c(F)c1. The van der Waals surface area contributed by atoms with Gasteiger partial charge in [0.15, 0.2) is 17.5 Å². The number of hydrogen-bond donors (Lipinski definition) is 2. The fourth-order valence-electron chi connectivity index (χ4n) is 2.05. The van der Waals surface area contributed by atoms with Gasteiger partial charge in [0.1, 0.15) is 11.6 Å². The van der Waals surface area contributed by atoms with Crippen molar-refractivity contribution in [3.63, 3.8) is 0 Å². The van der Waals surface area contributed by atoms with Gasteiger partial charge in [-0.05, 0) is 29.8 Å². The zero-order chi connectivity index (χ0) is 17.9. The van der Waals surface area contributed by atoms with Crippen LogP contribution in [0.1, 0.15) is 22.0 Å². The molecule has 0 saturated carbocycles. The van der Waals surface area contributed by atoms with Gasteiger partial charge in [0.05, 0.1) is 25.3 Å². The molecule has 2 N–H and O–H groups in total. The summed E-state index contributed by atoms with van der Waals surface area (Å²) in [7, 11) is 1.33. The molecule has 0 heterocycles. The summed E-state index contributed by atoms with van der Waals surface area (Å²) < 4.78 is 58.2. The Hall–Kier alpha value is -2.61. The van der Waals surface area contributed by atoms with Crippen LogP contribution < -0.4 is 10.1 Å². The van der Waals surface area contributed by atoms with Crippen molar-refractivity contribution in [3.8, 4) is 5.75 Å². The van der Waals surface area contributed by atoms with E-state index in [0.29, 0.717) is 12.1 Å². The lowest BCUT2D eigenvalue weighted by Gasteiger charge is -2.17. The van der Waals surface area contributed by atoms with Crippen LogP contribution >= 0.6 is 0 Å². The zero-order valence-corrected chi connectivity index (χ0v) is 12.4. The lowest BCUT2D eigenvalue weighted by Crippen LogP contribution is -2.31. The molecule has 24 heavy (non-hydrogen) atoms. The molecular formula is C16H13F4NO3. The third kappa shape index (κ3) is 3.65. The highest BCUT2D eigenvalue weighted by atomic mass is 19.2. The summed E-state index contributed by atoms with van der Waals surface area (Å²) in [6.07, 6.45) is 0. The number of ether oxygens (including phenoxy) is 1. The van der Waals surface area contributed by atoms with Crippen molar-refractivity contribution in [2.24, 2.45) is 0 Å². The van der Waals surface area contributed by atoms with Crippen molar-refractivity contribution in [1.29, 1.82) is 0 Å². The lowest BCUT2D eigenvalue weighted by molar-refractivity contribution is 0.0911. The molecule has 0 bridgehead atoms. The summed E-state index contributed by atoms with van der Waals surface area (Å²) in [5.41, 5.74) is -0.548. The van der Waals surface area contributed by atoms with E-state index in [-0.39, 0.29) is 16.9 Å². The Bertz CT molecular complexity index is 744. The smallest absolute Gasteiger partial charge is 0.254 e. The molecule has 128 valence electrons. The molecule has 4 nitrogen and oxygen atoms in total. The van der Waals surface area contributed by atoms with Gasteiger partial charge >= 0.3 is 0 Å². The first-order valence-corrected chi connectivity index (χ1v) is 6.77. The molecule has 0 fully saturated rings. The first kappa shape index (κ1) is 17.7. The van der Waals surface area contributed by atoms with Gasteiger partial charge in [0.25, 0.3) is 5.91 Å². The summed E-state index contributed by atoms with van der Waals surface area (Å²) in [5, 5.41) is 11.5. The molecule has 1 atom stereocenters. The van der Waals surface area contributed by atoms with Crippen LogP contribution in [0.5, 0.6) is 5.75 Å². The number of hydrogen-bond acceptors (Lipinski definition) is 3. The maximum atomic E-state index is 13.9. The van der Waals surface area contributed by atoms with E-state index < -0.39 is 41.8 Å². The number of aliphatic hydroxyl groups excluding tert-OH is 1. The predicted molar refractivity (Wildman–Crippen MR) is 76.6 cm³/mol. The van der Waals surface area contributed by atoms with E-state index in [4.69, 9.17) is 4.74 Å². The molecule has 0 aliphatic heterocycles. The number of methoxy groups -OCH3 is 1. The second kappa shape index (κ2) is 7.31. The molecule has 2 rings (SSSR count). The highest BCUT2D eigenvalue weighted by molar-refractivity contribution is 5.94. The van der Waals surface area contributed by atoms with Gasteiger partial charge in [0, 0.05) is 6.07 Å². The molecule has 8 heteroatoms. The summed E-state index contributed by atoms with van der Waals surface area (Å²) in [6.45, 7) is -0.728. The van der Waals surface area contributed by atoms with Crippen LogP contribution in [-0.2, 0) is 0 Å². The van der Waals surface area contributed by atoms with E-state index in [1.165, 1.54) is 13.2 Å². The Morgan fingerprint density at radius 1 is 1.12 bits per heavy atom. The Kier molecular flexibility index (Phi) is 5.40. The Morgan fingerprint density at radius 2 is 1.75 bits per heavy atom. The van der Waals surface area contributed by atoms with Crippen molar-refractivity contribution in [2.45, 2.75) is 6.04 Å². The number of nitrogens with one attached hydrogen (secondary N) is 1. The van der Waals surface area contributed by atoms with Crippen molar-refractivity contribution >= 4 is 5.91 Å². The second-order valence-electron chi connectivity index (χ2n) is 4.85. The third-order valence-corrected chi connectivity index (χ3v) is 3.32. The predicted octanol–water partition coefficient (Wildman–Crippen LogP) is 2.72. The monoisotopic (exact) mass is 343 g/mol. The molecule has 2 aromatic rings. The molecule has 0 aliphatic rings. The molecule has 0 spiro atoms. The Balaban J connectivity index is 2.26. The normalized spacial score (nSPS) is 11.9. The average molecular weight is 343 g/mol. The number of rotatable bonds is 5. The molecule has 2 aromatic carbocycles. The first-order valence-electron chi connectivity index (χ1n) is 6.77. The summed E-state index contributed by atoms with van der Waals surface area (Å²) >= 11 is 0. The number of halogens is 4. The summed E-state index contributed by atoms with van der Waals surface area (Å²) in [5.74, 6) is -6.19. The molecule has 1 unspecified atom stereocenters. The van der Waals surface area contributed by atoms with Crippen molar-refractivity contribution < 1.29 is 32.2 Å². The highest BCUT2D eigenvalue weighted by Crippen LogP contribution is 2.21. The number of amides is 1. The van der Waals surface area contributed by atoms with Gasteiger partial charge in [0.2, 0.25) is 0 Å². The van der Waals surface area contributed by atoms with Crippen LogP contribution in [0.15, 0.2) is 30.3 Å². The van der Waals surface area contributed by atoms with Crippen LogP contribution in [0.2, 0.25) is 0 Å². The highest BCUT2D eigenvalue weighted by Gasteiger charge is 2.21. The summed E-state index contributed by atoms with van der Waals surface area (Å²) in [6, 6.07) is 3.53. The van der Waals surface area contributed by atoms with Crippen molar-refractivity contribution in [2.75, 3.05) is 13.7 Å². The quantitative estimate of drug-likeness (QED) is 0.648. The minimum absolute atomic E-state index is 0.198.